The van der Waals surface area contributed by atoms with E-state index in [2.05, 4.69) is 4.98 Å². The van der Waals surface area contributed by atoms with E-state index in [0.29, 0.717) is 11.6 Å². The molecule has 1 heterocycles. The molecule has 0 amide bonds. The first kappa shape index (κ1) is 9.97. The van der Waals surface area contributed by atoms with Crippen molar-refractivity contribution in [2.24, 2.45) is 5.73 Å². The zero-order valence-corrected chi connectivity index (χ0v) is 8.04. The van der Waals surface area contributed by atoms with E-state index in [1.54, 1.807) is 6.20 Å². The van der Waals surface area contributed by atoms with Crippen LogP contribution in [0.4, 0.5) is 0 Å². The molecule has 68 valence electrons. The summed E-state index contributed by atoms with van der Waals surface area (Å²) in [5.41, 5.74) is 7.45. The van der Waals surface area contributed by atoms with Gasteiger partial charge in [-0.1, -0.05) is 11.6 Å². The summed E-state index contributed by atoms with van der Waals surface area (Å²) in [6, 6.07) is 3.60. The molecule has 0 saturated carbocycles. The Morgan fingerprint density at radius 3 is 3.00 bits per heavy atom. The summed E-state index contributed by atoms with van der Waals surface area (Å²) in [7, 11) is 0. The Kier molecular flexibility index (Phi) is 3.24. The quantitative estimate of drug-likeness (QED) is 0.734. The molecule has 2 N–H and O–H groups in total. The summed E-state index contributed by atoms with van der Waals surface area (Å²) < 4.78 is 0. The average Bonchev–Trinajstić information content (AvgIpc) is 2.10. The highest BCUT2D eigenvalue weighted by atomic mass is 35.5. The molecule has 4 heteroatoms. The van der Waals surface area contributed by atoms with Crippen molar-refractivity contribution in [2.75, 3.05) is 0 Å². The van der Waals surface area contributed by atoms with E-state index in [1.165, 1.54) is 0 Å². The van der Waals surface area contributed by atoms with E-state index < -0.39 is 0 Å². The molecular formula is C9H10ClN3. The lowest BCUT2D eigenvalue weighted by atomic mass is 10.1. The molecule has 1 aromatic heterocycles. The van der Waals surface area contributed by atoms with Gasteiger partial charge >= 0.3 is 0 Å². The van der Waals surface area contributed by atoms with Crippen molar-refractivity contribution in [3.05, 3.63) is 28.5 Å². The second-order valence-corrected chi connectivity index (χ2v) is 3.20. The normalized spacial score (nSPS) is 12.2. The summed E-state index contributed by atoms with van der Waals surface area (Å²) in [5.74, 6) is 0. The third-order valence-electron chi connectivity index (χ3n) is 1.77. The fourth-order valence-electron chi connectivity index (χ4n) is 0.999. The molecule has 13 heavy (non-hydrogen) atoms. The topological polar surface area (TPSA) is 62.7 Å². The van der Waals surface area contributed by atoms with E-state index in [-0.39, 0.29) is 6.04 Å². The summed E-state index contributed by atoms with van der Waals surface area (Å²) in [5, 5.41) is 8.92. The standard InChI is InChI=1S/C9H10ClN3/c1-6-4-7(5-13-9(6)10)8(12)2-3-11/h4-5,8H,2,12H2,1H3. The number of aryl methyl sites for hydroxylation is 1. The van der Waals surface area contributed by atoms with E-state index in [1.807, 2.05) is 19.1 Å². The number of hydrogen-bond donors (Lipinski definition) is 1. The van der Waals surface area contributed by atoms with Crippen molar-refractivity contribution in [1.82, 2.24) is 4.98 Å². The van der Waals surface area contributed by atoms with Crippen molar-refractivity contribution < 1.29 is 0 Å². The molecule has 1 rings (SSSR count). The first-order valence-corrected chi connectivity index (χ1v) is 4.27. The van der Waals surface area contributed by atoms with Gasteiger partial charge in [-0.15, -0.1) is 0 Å². The van der Waals surface area contributed by atoms with Gasteiger partial charge < -0.3 is 5.73 Å². The SMILES string of the molecule is Cc1cc(C(N)CC#N)cnc1Cl. The van der Waals surface area contributed by atoms with Crippen molar-refractivity contribution in [3.63, 3.8) is 0 Å². The maximum Gasteiger partial charge on any atom is 0.131 e. The van der Waals surface area contributed by atoms with Gasteiger partial charge in [-0.05, 0) is 24.1 Å². The van der Waals surface area contributed by atoms with Gasteiger partial charge in [-0.2, -0.15) is 5.26 Å². The minimum Gasteiger partial charge on any atom is -0.323 e. The van der Waals surface area contributed by atoms with E-state index >= 15 is 0 Å². The molecule has 0 aromatic carbocycles. The molecule has 0 aliphatic rings. The Morgan fingerprint density at radius 1 is 1.77 bits per heavy atom. The first-order valence-electron chi connectivity index (χ1n) is 3.89. The summed E-state index contributed by atoms with van der Waals surface area (Å²) in [4.78, 5) is 3.96. The van der Waals surface area contributed by atoms with Gasteiger partial charge in [-0.3, -0.25) is 0 Å². The van der Waals surface area contributed by atoms with Crippen LogP contribution in [0.5, 0.6) is 0 Å². The largest absolute Gasteiger partial charge is 0.323 e. The van der Waals surface area contributed by atoms with Crippen LogP contribution in [-0.4, -0.2) is 4.98 Å². The fraction of sp³-hybridized carbons (Fsp3) is 0.333. The predicted molar refractivity (Wildman–Crippen MR) is 51.1 cm³/mol. The van der Waals surface area contributed by atoms with Crippen LogP contribution in [0.3, 0.4) is 0 Å². The minimum absolute atomic E-state index is 0.270. The molecule has 0 aliphatic heterocycles. The Labute approximate surface area is 82.1 Å². The van der Waals surface area contributed by atoms with Crippen LogP contribution in [0.1, 0.15) is 23.6 Å². The smallest absolute Gasteiger partial charge is 0.131 e. The summed E-state index contributed by atoms with van der Waals surface area (Å²) in [6.07, 6.45) is 1.90. The van der Waals surface area contributed by atoms with Crippen LogP contribution < -0.4 is 5.73 Å². The molecule has 1 atom stereocenters. The summed E-state index contributed by atoms with van der Waals surface area (Å²) in [6.45, 7) is 1.86. The Bertz CT molecular complexity index is 343. The van der Waals surface area contributed by atoms with Gasteiger partial charge in [0.25, 0.3) is 0 Å². The Hall–Kier alpha value is -1.11. The lowest BCUT2D eigenvalue weighted by Crippen LogP contribution is -2.09. The third kappa shape index (κ3) is 2.41. The van der Waals surface area contributed by atoms with Crippen LogP contribution in [-0.2, 0) is 0 Å². The molecule has 0 radical (unpaired) electrons. The van der Waals surface area contributed by atoms with E-state index in [4.69, 9.17) is 22.6 Å². The number of nitrogens with zero attached hydrogens (tertiary/aromatic N) is 2. The fourth-order valence-corrected chi connectivity index (χ4v) is 1.10. The zero-order valence-electron chi connectivity index (χ0n) is 7.29. The molecule has 0 bridgehead atoms. The molecule has 0 aliphatic carbocycles. The predicted octanol–water partition coefficient (Wildman–Crippen LogP) is 1.96. The van der Waals surface area contributed by atoms with Crippen LogP contribution in [0.15, 0.2) is 12.3 Å². The monoisotopic (exact) mass is 195 g/mol. The van der Waals surface area contributed by atoms with Crippen molar-refractivity contribution in [1.29, 1.82) is 5.26 Å². The molecule has 1 unspecified atom stereocenters. The Balaban J connectivity index is 2.91. The van der Waals surface area contributed by atoms with Crippen LogP contribution in [0.25, 0.3) is 0 Å². The van der Waals surface area contributed by atoms with Crippen LogP contribution in [0.2, 0.25) is 5.15 Å². The van der Waals surface area contributed by atoms with Crippen molar-refractivity contribution in [3.8, 4) is 6.07 Å². The lowest BCUT2D eigenvalue weighted by molar-refractivity contribution is 0.743. The van der Waals surface area contributed by atoms with Gasteiger partial charge in [0.15, 0.2) is 0 Å². The second kappa shape index (κ2) is 4.22. The number of pyridine rings is 1. The highest BCUT2D eigenvalue weighted by Gasteiger charge is 2.07. The molecule has 0 fully saturated rings. The highest BCUT2D eigenvalue weighted by Crippen LogP contribution is 2.18. The first-order chi connectivity index (χ1) is 6.15. The number of rotatable bonds is 2. The zero-order chi connectivity index (χ0) is 9.84. The van der Waals surface area contributed by atoms with Gasteiger partial charge in [0, 0.05) is 12.2 Å². The third-order valence-corrected chi connectivity index (χ3v) is 2.17. The van der Waals surface area contributed by atoms with Gasteiger partial charge in [0.2, 0.25) is 0 Å². The van der Waals surface area contributed by atoms with Gasteiger partial charge in [0.1, 0.15) is 5.15 Å². The molecule has 3 nitrogen and oxygen atoms in total. The van der Waals surface area contributed by atoms with Crippen molar-refractivity contribution in [2.45, 2.75) is 19.4 Å². The Morgan fingerprint density at radius 2 is 2.46 bits per heavy atom. The maximum absolute atomic E-state index is 8.45. The van der Waals surface area contributed by atoms with Gasteiger partial charge in [-0.25, -0.2) is 4.98 Å². The number of aromatic nitrogens is 1. The second-order valence-electron chi connectivity index (χ2n) is 2.85. The van der Waals surface area contributed by atoms with Crippen molar-refractivity contribution >= 4 is 11.6 Å². The number of halogens is 1. The lowest BCUT2D eigenvalue weighted by Gasteiger charge is -2.08. The van der Waals surface area contributed by atoms with E-state index in [9.17, 15) is 0 Å². The van der Waals surface area contributed by atoms with Gasteiger partial charge in [0.05, 0.1) is 12.5 Å². The number of hydrogen-bond acceptors (Lipinski definition) is 3. The molecule has 1 aromatic rings. The highest BCUT2D eigenvalue weighted by molar-refractivity contribution is 6.30. The number of nitriles is 1. The molecule has 0 saturated heterocycles. The molecule has 0 spiro atoms. The average molecular weight is 196 g/mol. The summed E-state index contributed by atoms with van der Waals surface area (Å²) >= 11 is 5.75. The van der Waals surface area contributed by atoms with Crippen LogP contribution >= 0.6 is 11.6 Å². The molecular weight excluding hydrogens is 186 g/mol. The van der Waals surface area contributed by atoms with Crippen LogP contribution in [0, 0.1) is 18.3 Å². The number of nitrogens with two attached hydrogens (primary N) is 1. The maximum atomic E-state index is 8.45. The minimum atomic E-state index is -0.270. The van der Waals surface area contributed by atoms with E-state index in [0.717, 1.165) is 11.1 Å².